The molecule has 0 saturated heterocycles. The van der Waals surface area contributed by atoms with Gasteiger partial charge in [-0.15, -0.1) is 5.10 Å². The van der Waals surface area contributed by atoms with Crippen LogP contribution in [0.25, 0.3) is 5.82 Å². The predicted octanol–water partition coefficient (Wildman–Crippen LogP) is -0.525. The number of esters is 1. The quantitative estimate of drug-likeness (QED) is 0.719. The van der Waals surface area contributed by atoms with Crippen molar-refractivity contribution in [2.45, 2.75) is 13.3 Å². The van der Waals surface area contributed by atoms with Crippen molar-refractivity contribution in [1.29, 1.82) is 5.26 Å². The zero-order valence-corrected chi connectivity index (χ0v) is 9.90. The van der Waals surface area contributed by atoms with Gasteiger partial charge in [-0.2, -0.15) is 9.94 Å². The van der Waals surface area contributed by atoms with Crippen LogP contribution in [-0.4, -0.2) is 37.9 Å². The average molecular weight is 263 g/mol. The van der Waals surface area contributed by atoms with Crippen LogP contribution in [-0.2, 0) is 11.2 Å². The summed E-state index contributed by atoms with van der Waals surface area (Å²) in [5.74, 6) is -0.637. The van der Waals surface area contributed by atoms with Crippen LogP contribution in [0.1, 0.15) is 23.1 Å². The average Bonchev–Trinajstić information content (AvgIpc) is 2.96. The zero-order valence-electron chi connectivity index (χ0n) is 9.90. The summed E-state index contributed by atoms with van der Waals surface area (Å²) in [6, 6.07) is 1.90. The Hall–Kier alpha value is -2.96. The molecule has 2 heterocycles. The van der Waals surface area contributed by atoms with E-state index in [0.717, 1.165) is 4.68 Å². The van der Waals surface area contributed by atoms with Gasteiger partial charge in [0, 0.05) is 0 Å². The highest BCUT2D eigenvalue weighted by atomic mass is 16.6. The minimum Gasteiger partial charge on any atom is -0.461 e. The highest BCUT2D eigenvalue weighted by molar-refractivity contribution is 5.88. The number of anilines is 1. The molecule has 0 spiro atoms. The topological polar surface area (TPSA) is 146 Å². The normalized spacial score (nSPS) is 10.1. The molecule has 2 aromatic rings. The van der Waals surface area contributed by atoms with Crippen LogP contribution in [0.15, 0.2) is 4.63 Å². The Labute approximate surface area is 106 Å². The summed E-state index contributed by atoms with van der Waals surface area (Å²) in [4.78, 5) is 11.7. The van der Waals surface area contributed by atoms with Crippen molar-refractivity contribution in [3.63, 3.8) is 0 Å². The van der Waals surface area contributed by atoms with Gasteiger partial charge in [-0.1, -0.05) is 5.21 Å². The lowest BCUT2D eigenvalue weighted by molar-refractivity contribution is 0.0518. The molecule has 2 N–H and O–H groups in total. The van der Waals surface area contributed by atoms with Crippen molar-refractivity contribution in [3.05, 3.63) is 11.4 Å². The van der Waals surface area contributed by atoms with Gasteiger partial charge in [-0.25, -0.2) is 9.42 Å². The van der Waals surface area contributed by atoms with E-state index in [1.54, 1.807) is 6.92 Å². The minimum atomic E-state index is -0.672. The second-order valence-electron chi connectivity index (χ2n) is 3.32. The van der Waals surface area contributed by atoms with Gasteiger partial charge in [-0.05, 0) is 17.2 Å². The number of rotatable bonds is 4. The smallest absolute Gasteiger partial charge is 0.360 e. The van der Waals surface area contributed by atoms with Crippen LogP contribution in [0.4, 0.5) is 5.82 Å². The van der Waals surface area contributed by atoms with Crippen molar-refractivity contribution in [1.82, 2.24) is 25.3 Å². The first-order valence-corrected chi connectivity index (χ1v) is 5.26. The van der Waals surface area contributed by atoms with Crippen molar-refractivity contribution >= 4 is 11.8 Å². The van der Waals surface area contributed by atoms with E-state index in [1.807, 2.05) is 6.07 Å². The number of carbonyl (C=O) groups excluding carboxylic acids is 1. The number of nitriles is 1. The molecule has 0 unspecified atom stereocenters. The fourth-order valence-corrected chi connectivity index (χ4v) is 1.40. The molecule has 0 aliphatic heterocycles. The standard InChI is InChI=1S/C9H9N7O3/c1-2-18-9(17)6-5(3-4-10)16(15-12-6)8-7(11)13-19-14-8/h2-3H2,1H3,(H2,11,13). The number of hydrogen-bond donors (Lipinski definition) is 1. The maximum Gasteiger partial charge on any atom is 0.360 e. The van der Waals surface area contributed by atoms with Crippen LogP contribution in [0.2, 0.25) is 0 Å². The molecule has 2 aromatic heterocycles. The van der Waals surface area contributed by atoms with Crippen molar-refractivity contribution in [3.8, 4) is 11.9 Å². The summed E-state index contributed by atoms with van der Waals surface area (Å²) in [6.07, 6.45) is -0.118. The van der Waals surface area contributed by atoms with Crippen LogP contribution < -0.4 is 5.73 Å². The van der Waals surface area contributed by atoms with Crippen molar-refractivity contribution < 1.29 is 14.2 Å². The molecule has 0 saturated carbocycles. The molecule has 0 aliphatic rings. The van der Waals surface area contributed by atoms with Gasteiger partial charge in [0.05, 0.1) is 24.8 Å². The third-order valence-corrected chi connectivity index (χ3v) is 2.17. The molecule has 2 rings (SSSR count). The maximum atomic E-state index is 11.7. The SMILES string of the molecule is CCOC(=O)c1nnn(-c2nonc2N)c1CC#N. The van der Waals surface area contributed by atoms with E-state index in [0.29, 0.717) is 0 Å². The first-order chi connectivity index (χ1) is 9.19. The summed E-state index contributed by atoms with van der Waals surface area (Å²) in [6.45, 7) is 1.84. The Morgan fingerprint density at radius 1 is 1.58 bits per heavy atom. The van der Waals surface area contributed by atoms with Crippen LogP contribution >= 0.6 is 0 Å². The van der Waals surface area contributed by atoms with Crippen LogP contribution in [0, 0.1) is 11.3 Å². The summed E-state index contributed by atoms with van der Waals surface area (Å²) in [5, 5.41) is 23.1. The molecule has 0 bridgehead atoms. The Kier molecular flexibility index (Phi) is 3.37. The van der Waals surface area contributed by atoms with E-state index in [9.17, 15) is 4.79 Å². The van der Waals surface area contributed by atoms with Crippen molar-refractivity contribution in [2.75, 3.05) is 12.3 Å². The zero-order chi connectivity index (χ0) is 13.8. The highest BCUT2D eigenvalue weighted by Gasteiger charge is 2.24. The number of carbonyl (C=O) groups is 1. The van der Waals surface area contributed by atoms with E-state index in [-0.39, 0.29) is 36.1 Å². The Bertz CT molecular complexity index is 639. The molecule has 98 valence electrons. The van der Waals surface area contributed by atoms with E-state index in [1.165, 1.54) is 0 Å². The molecule has 19 heavy (non-hydrogen) atoms. The lowest BCUT2D eigenvalue weighted by Crippen LogP contribution is -2.11. The van der Waals surface area contributed by atoms with Crippen LogP contribution in [0.5, 0.6) is 0 Å². The molecular formula is C9H9N7O3. The molecule has 0 aliphatic carbocycles. The first kappa shape index (κ1) is 12.5. The fourth-order valence-electron chi connectivity index (χ4n) is 1.40. The molecule has 0 atom stereocenters. The summed E-state index contributed by atoms with van der Waals surface area (Å²) in [7, 11) is 0. The third kappa shape index (κ3) is 2.21. The predicted molar refractivity (Wildman–Crippen MR) is 58.9 cm³/mol. The second-order valence-corrected chi connectivity index (χ2v) is 3.32. The number of ether oxygens (including phenoxy) is 1. The second kappa shape index (κ2) is 5.13. The molecule has 10 nitrogen and oxygen atoms in total. The Balaban J connectivity index is 2.49. The van der Waals surface area contributed by atoms with E-state index in [4.69, 9.17) is 15.7 Å². The maximum absolute atomic E-state index is 11.7. The minimum absolute atomic E-state index is 0.0282. The highest BCUT2D eigenvalue weighted by Crippen LogP contribution is 2.16. The number of nitrogens with two attached hydrogens (primary N) is 1. The van der Waals surface area contributed by atoms with Gasteiger partial charge in [0.1, 0.15) is 0 Å². The van der Waals surface area contributed by atoms with Gasteiger partial charge < -0.3 is 10.5 Å². The van der Waals surface area contributed by atoms with Gasteiger partial charge in [-0.3, -0.25) is 0 Å². The van der Waals surface area contributed by atoms with Gasteiger partial charge in [0.2, 0.25) is 11.6 Å². The molecule has 0 radical (unpaired) electrons. The first-order valence-electron chi connectivity index (χ1n) is 5.26. The van der Waals surface area contributed by atoms with Crippen LogP contribution in [0.3, 0.4) is 0 Å². The Morgan fingerprint density at radius 3 is 2.95 bits per heavy atom. The largest absolute Gasteiger partial charge is 0.461 e. The molecular weight excluding hydrogens is 254 g/mol. The molecule has 0 amide bonds. The van der Waals surface area contributed by atoms with Crippen molar-refractivity contribution in [2.24, 2.45) is 0 Å². The lowest BCUT2D eigenvalue weighted by Gasteiger charge is -2.01. The summed E-state index contributed by atoms with van der Waals surface area (Å²) < 4.78 is 10.4. The summed E-state index contributed by atoms with van der Waals surface area (Å²) >= 11 is 0. The lowest BCUT2D eigenvalue weighted by atomic mass is 10.2. The van der Waals surface area contributed by atoms with Gasteiger partial charge >= 0.3 is 5.97 Å². The van der Waals surface area contributed by atoms with Gasteiger partial charge in [0.15, 0.2) is 5.69 Å². The fraction of sp³-hybridized carbons (Fsp3) is 0.333. The number of nitrogen functional groups attached to an aromatic ring is 1. The number of aromatic nitrogens is 5. The monoisotopic (exact) mass is 263 g/mol. The van der Waals surface area contributed by atoms with E-state index >= 15 is 0 Å². The van der Waals surface area contributed by atoms with E-state index in [2.05, 4.69) is 25.3 Å². The number of hydrogen-bond acceptors (Lipinski definition) is 9. The number of nitrogens with zero attached hydrogens (tertiary/aromatic N) is 6. The van der Waals surface area contributed by atoms with Gasteiger partial charge in [0.25, 0.3) is 0 Å². The summed E-state index contributed by atoms with van der Waals surface area (Å²) in [5.41, 5.74) is 5.67. The molecule has 10 heteroatoms. The molecule has 0 fully saturated rings. The Morgan fingerprint density at radius 2 is 2.37 bits per heavy atom. The third-order valence-electron chi connectivity index (χ3n) is 2.17. The van der Waals surface area contributed by atoms with E-state index < -0.39 is 5.97 Å². The molecule has 0 aromatic carbocycles.